The van der Waals surface area contributed by atoms with Crippen LogP contribution in [0.5, 0.6) is 0 Å². The summed E-state index contributed by atoms with van der Waals surface area (Å²) in [6, 6.07) is 0. The molecule has 0 saturated carbocycles. The van der Waals surface area contributed by atoms with Crippen molar-refractivity contribution in [2.75, 3.05) is 13.2 Å². The molecular formula is C19H34O11. The summed E-state index contributed by atoms with van der Waals surface area (Å²) < 4.78 is 21.8. The summed E-state index contributed by atoms with van der Waals surface area (Å²) in [6.45, 7) is 4.19. The lowest BCUT2D eigenvalue weighted by Gasteiger charge is -2.46. The number of esters is 1. The molecule has 2 aliphatic rings. The van der Waals surface area contributed by atoms with Crippen LogP contribution in [0.2, 0.25) is 0 Å². The molecule has 6 N–H and O–H groups in total. The van der Waals surface area contributed by atoms with Gasteiger partial charge in [0, 0.05) is 6.42 Å². The largest absolute Gasteiger partial charge is 0.457 e. The van der Waals surface area contributed by atoms with E-state index in [1.165, 1.54) is 0 Å². The molecule has 0 spiro atoms. The van der Waals surface area contributed by atoms with E-state index in [0.717, 1.165) is 0 Å². The Morgan fingerprint density at radius 1 is 0.867 bits per heavy atom. The number of carbonyl (C=O) groups excluding carboxylic acids is 1. The first kappa shape index (κ1) is 25.4. The van der Waals surface area contributed by atoms with Gasteiger partial charge in [0.2, 0.25) is 0 Å². The first-order valence-corrected chi connectivity index (χ1v) is 10.2. The Kier molecular flexibility index (Phi) is 9.40. The quantitative estimate of drug-likeness (QED) is 0.224. The van der Waals surface area contributed by atoms with Crippen molar-refractivity contribution in [3.8, 4) is 0 Å². The number of hydrogen-bond acceptors (Lipinski definition) is 11. The summed E-state index contributed by atoms with van der Waals surface area (Å²) in [5, 5.41) is 60.7. The fraction of sp³-hybridized carbons (Fsp3) is 0.947. The minimum Gasteiger partial charge on any atom is -0.457 e. The van der Waals surface area contributed by atoms with Gasteiger partial charge in [0.15, 0.2) is 12.4 Å². The van der Waals surface area contributed by atoms with Crippen molar-refractivity contribution < 1.29 is 54.4 Å². The third-order valence-electron chi connectivity index (χ3n) is 5.32. The van der Waals surface area contributed by atoms with E-state index in [-0.39, 0.29) is 12.3 Å². The van der Waals surface area contributed by atoms with Crippen molar-refractivity contribution >= 4 is 5.97 Å². The molecule has 0 radical (unpaired) electrons. The SMILES string of the molecule is CCC1OC(CO)C(OC2OC(CO)C(OC(=O)CC(C)C)C(O)C2O)C(O)C1O. The van der Waals surface area contributed by atoms with Crippen LogP contribution in [0.15, 0.2) is 0 Å². The first-order chi connectivity index (χ1) is 14.1. The average Bonchev–Trinajstić information content (AvgIpc) is 2.70. The number of ether oxygens (including phenoxy) is 4. The molecule has 2 heterocycles. The lowest BCUT2D eigenvalue weighted by molar-refractivity contribution is -0.342. The number of carbonyl (C=O) groups is 1. The van der Waals surface area contributed by atoms with Crippen LogP contribution in [0.25, 0.3) is 0 Å². The minimum absolute atomic E-state index is 0.00862. The number of aliphatic hydroxyl groups excluding tert-OH is 6. The zero-order valence-corrected chi connectivity index (χ0v) is 17.4. The molecule has 11 nitrogen and oxygen atoms in total. The van der Waals surface area contributed by atoms with E-state index in [2.05, 4.69) is 0 Å². The van der Waals surface area contributed by atoms with Gasteiger partial charge in [0.1, 0.15) is 42.7 Å². The maximum Gasteiger partial charge on any atom is 0.306 e. The molecular weight excluding hydrogens is 404 g/mol. The Balaban J connectivity index is 2.11. The Labute approximate surface area is 175 Å². The molecule has 0 aromatic carbocycles. The third-order valence-corrected chi connectivity index (χ3v) is 5.32. The molecule has 0 aliphatic carbocycles. The van der Waals surface area contributed by atoms with E-state index < -0.39 is 80.4 Å². The second-order valence-corrected chi connectivity index (χ2v) is 8.14. The number of aliphatic hydroxyl groups is 6. The Bertz CT molecular complexity index is 541. The molecule has 2 aliphatic heterocycles. The van der Waals surface area contributed by atoms with Gasteiger partial charge < -0.3 is 49.6 Å². The zero-order chi connectivity index (χ0) is 22.6. The van der Waals surface area contributed by atoms with Crippen molar-refractivity contribution in [3.63, 3.8) is 0 Å². The summed E-state index contributed by atoms with van der Waals surface area (Å²) >= 11 is 0. The molecule has 0 amide bonds. The molecule has 2 rings (SSSR count). The van der Waals surface area contributed by atoms with Gasteiger partial charge in [0.25, 0.3) is 0 Å². The molecule has 2 saturated heterocycles. The fourth-order valence-electron chi connectivity index (χ4n) is 3.67. The van der Waals surface area contributed by atoms with Gasteiger partial charge in [-0.3, -0.25) is 4.79 Å². The Hall–Kier alpha value is -0.890. The highest BCUT2D eigenvalue weighted by molar-refractivity contribution is 5.69. The van der Waals surface area contributed by atoms with Gasteiger partial charge in [-0.15, -0.1) is 0 Å². The molecule has 0 aromatic rings. The molecule has 2 fully saturated rings. The highest BCUT2D eigenvalue weighted by Gasteiger charge is 2.51. The second kappa shape index (κ2) is 11.1. The standard InChI is InChI=1S/C19H34O11/c1-4-9-13(23)14(24)18(10(6-20)27-9)30-19-16(26)15(25)17(11(7-21)28-19)29-12(22)5-8(2)3/h8-11,13-21,23-26H,4-7H2,1-3H3. The fourth-order valence-corrected chi connectivity index (χ4v) is 3.67. The normalized spacial score (nSPS) is 42.3. The van der Waals surface area contributed by atoms with Crippen LogP contribution in [-0.4, -0.2) is 111 Å². The average molecular weight is 438 g/mol. The van der Waals surface area contributed by atoms with Gasteiger partial charge in [0.05, 0.1) is 19.3 Å². The van der Waals surface area contributed by atoms with Gasteiger partial charge >= 0.3 is 5.97 Å². The van der Waals surface area contributed by atoms with Crippen molar-refractivity contribution in [2.45, 2.75) is 94.8 Å². The highest BCUT2D eigenvalue weighted by atomic mass is 16.7. The van der Waals surface area contributed by atoms with Gasteiger partial charge in [-0.1, -0.05) is 20.8 Å². The smallest absolute Gasteiger partial charge is 0.306 e. The van der Waals surface area contributed by atoms with Crippen molar-refractivity contribution in [1.29, 1.82) is 0 Å². The van der Waals surface area contributed by atoms with E-state index >= 15 is 0 Å². The predicted octanol–water partition coefficient (Wildman–Crippen LogP) is -2.34. The molecule has 0 aromatic heterocycles. The van der Waals surface area contributed by atoms with E-state index in [1.54, 1.807) is 6.92 Å². The van der Waals surface area contributed by atoms with Crippen LogP contribution in [-0.2, 0) is 23.7 Å². The minimum atomic E-state index is -1.70. The lowest BCUT2D eigenvalue weighted by atomic mass is 9.93. The van der Waals surface area contributed by atoms with E-state index in [4.69, 9.17) is 18.9 Å². The predicted molar refractivity (Wildman–Crippen MR) is 100 cm³/mol. The van der Waals surface area contributed by atoms with Crippen molar-refractivity contribution in [2.24, 2.45) is 5.92 Å². The van der Waals surface area contributed by atoms with E-state index in [9.17, 15) is 35.4 Å². The van der Waals surface area contributed by atoms with Crippen molar-refractivity contribution in [1.82, 2.24) is 0 Å². The van der Waals surface area contributed by atoms with E-state index in [1.807, 2.05) is 13.8 Å². The van der Waals surface area contributed by atoms with Gasteiger partial charge in [-0.25, -0.2) is 0 Å². The maximum atomic E-state index is 12.0. The summed E-state index contributed by atoms with van der Waals surface area (Å²) in [7, 11) is 0. The summed E-state index contributed by atoms with van der Waals surface area (Å²) in [4.78, 5) is 12.0. The third kappa shape index (κ3) is 5.67. The second-order valence-electron chi connectivity index (χ2n) is 8.14. The summed E-state index contributed by atoms with van der Waals surface area (Å²) in [5.74, 6) is -0.609. The molecule has 10 unspecified atom stereocenters. The molecule has 30 heavy (non-hydrogen) atoms. The van der Waals surface area contributed by atoms with Gasteiger partial charge in [-0.2, -0.15) is 0 Å². The van der Waals surface area contributed by atoms with Crippen LogP contribution in [0.4, 0.5) is 0 Å². The van der Waals surface area contributed by atoms with Crippen LogP contribution >= 0.6 is 0 Å². The van der Waals surface area contributed by atoms with Crippen LogP contribution in [0.1, 0.15) is 33.6 Å². The molecule has 176 valence electrons. The number of rotatable bonds is 8. The molecule has 10 atom stereocenters. The number of hydrogen-bond donors (Lipinski definition) is 6. The van der Waals surface area contributed by atoms with Crippen LogP contribution in [0, 0.1) is 5.92 Å². The maximum absolute atomic E-state index is 12.0. The summed E-state index contributed by atoms with van der Waals surface area (Å²) in [5.41, 5.74) is 0. The first-order valence-electron chi connectivity index (χ1n) is 10.2. The Morgan fingerprint density at radius 2 is 1.43 bits per heavy atom. The molecule has 0 bridgehead atoms. The highest BCUT2D eigenvalue weighted by Crippen LogP contribution is 2.30. The van der Waals surface area contributed by atoms with Crippen molar-refractivity contribution in [3.05, 3.63) is 0 Å². The molecule has 11 heteroatoms. The lowest BCUT2D eigenvalue weighted by Crippen LogP contribution is -2.64. The monoisotopic (exact) mass is 438 g/mol. The van der Waals surface area contributed by atoms with E-state index in [0.29, 0.717) is 6.42 Å². The Morgan fingerprint density at radius 3 is 1.97 bits per heavy atom. The van der Waals surface area contributed by atoms with Crippen LogP contribution < -0.4 is 0 Å². The van der Waals surface area contributed by atoms with Gasteiger partial charge in [-0.05, 0) is 12.3 Å². The zero-order valence-electron chi connectivity index (χ0n) is 17.4. The topological polar surface area (TPSA) is 175 Å². The van der Waals surface area contributed by atoms with Crippen LogP contribution in [0.3, 0.4) is 0 Å². The summed E-state index contributed by atoms with van der Waals surface area (Å²) in [6.07, 6.45) is -12.7.